The van der Waals surface area contributed by atoms with Crippen LogP contribution in [0.15, 0.2) is 29.2 Å². The molecule has 0 bridgehead atoms. The highest BCUT2D eigenvalue weighted by molar-refractivity contribution is 5.78. The minimum Gasteiger partial charge on any atom is -0.356 e. The first-order valence-corrected chi connectivity index (χ1v) is 8.16. The fourth-order valence-corrected chi connectivity index (χ4v) is 3.00. The van der Waals surface area contributed by atoms with Crippen LogP contribution < -0.4 is 11.0 Å². The van der Waals surface area contributed by atoms with E-state index in [9.17, 15) is 18.4 Å². The smallest absolute Gasteiger partial charge is 0.350 e. The zero-order valence-electron chi connectivity index (χ0n) is 13.3. The van der Waals surface area contributed by atoms with Crippen molar-refractivity contribution in [2.24, 2.45) is 5.92 Å². The predicted molar refractivity (Wildman–Crippen MR) is 84.0 cm³/mol. The molecule has 0 atom stereocenters. The van der Waals surface area contributed by atoms with Crippen LogP contribution in [0, 0.1) is 5.92 Å². The molecule has 130 valence electrons. The number of rotatable bonds is 5. The van der Waals surface area contributed by atoms with E-state index in [1.54, 1.807) is 24.4 Å². The van der Waals surface area contributed by atoms with Gasteiger partial charge in [-0.2, -0.15) is 0 Å². The van der Waals surface area contributed by atoms with E-state index in [2.05, 4.69) is 10.4 Å². The Kier molecular flexibility index (Phi) is 4.64. The predicted octanol–water partition coefficient (Wildman–Crippen LogP) is 1.83. The van der Waals surface area contributed by atoms with Gasteiger partial charge in [-0.3, -0.25) is 9.20 Å². The van der Waals surface area contributed by atoms with Gasteiger partial charge in [0, 0.05) is 38.0 Å². The van der Waals surface area contributed by atoms with Gasteiger partial charge in [-0.15, -0.1) is 5.10 Å². The summed E-state index contributed by atoms with van der Waals surface area (Å²) in [4.78, 5) is 24.1. The molecule has 1 aliphatic rings. The molecule has 6 nitrogen and oxygen atoms in total. The largest absolute Gasteiger partial charge is 0.356 e. The first-order chi connectivity index (χ1) is 11.5. The molecule has 1 fully saturated rings. The number of halogens is 2. The molecule has 2 aromatic heterocycles. The lowest BCUT2D eigenvalue weighted by Crippen LogP contribution is -2.36. The number of hydrogen-bond donors (Lipinski definition) is 1. The Balaban J connectivity index is 1.46. The summed E-state index contributed by atoms with van der Waals surface area (Å²) in [6, 6.07) is 5.31. The molecule has 2 heterocycles. The van der Waals surface area contributed by atoms with E-state index in [4.69, 9.17) is 0 Å². The van der Waals surface area contributed by atoms with Gasteiger partial charge in [0.1, 0.15) is 0 Å². The lowest BCUT2D eigenvalue weighted by Gasteiger charge is -2.27. The van der Waals surface area contributed by atoms with Crippen molar-refractivity contribution >= 4 is 11.6 Å². The van der Waals surface area contributed by atoms with Crippen LogP contribution in [0.2, 0.25) is 0 Å². The maximum atomic E-state index is 13.1. The maximum Gasteiger partial charge on any atom is 0.350 e. The van der Waals surface area contributed by atoms with Gasteiger partial charge in [-0.1, -0.05) is 6.07 Å². The topological polar surface area (TPSA) is 68.4 Å². The average Bonchev–Trinajstić information content (AvgIpc) is 2.88. The Hall–Kier alpha value is -2.25. The second-order valence-electron chi connectivity index (χ2n) is 6.21. The molecule has 0 saturated heterocycles. The van der Waals surface area contributed by atoms with Gasteiger partial charge in [-0.05, 0) is 31.4 Å². The van der Waals surface area contributed by atoms with E-state index in [-0.39, 0.29) is 43.2 Å². The van der Waals surface area contributed by atoms with Crippen LogP contribution in [0.5, 0.6) is 0 Å². The quantitative estimate of drug-likeness (QED) is 0.846. The molecule has 8 heteroatoms. The monoisotopic (exact) mass is 338 g/mol. The number of amides is 1. The lowest BCUT2D eigenvalue weighted by atomic mass is 9.86. The normalized spacial score (nSPS) is 17.9. The van der Waals surface area contributed by atoms with E-state index in [0.29, 0.717) is 25.2 Å². The minimum absolute atomic E-state index is 0.173. The Morgan fingerprint density at radius 3 is 2.79 bits per heavy atom. The summed E-state index contributed by atoms with van der Waals surface area (Å²) in [5.41, 5.74) is 0.362. The second-order valence-corrected chi connectivity index (χ2v) is 6.21. The van der Waals surface area contributed by atoms with Crippen molar-refractivity contribution in [3.8, 4) is 0 Å². The molecule has 0 aromatic carbocycles. The second kappa shape index (κ2) is 6.70. The van der Waals surface area contributed by atoms with Gasteiger partial charge in [0.25, 0.3) is 0 Å². The Bertz CT molecular complexity index is 774. The molecular formula is C16H20F2N4O2. The zero-order valence-corrected chi connectivity index (χ0v) is 13.3. The summed E-state index contributed by atoms with van der Waals surface area (Å²) in [5, 5.41) is 6.98. The average molecular weight is 338 g/mol. The summed E-state index contributed by atoms with van der Waals surface area (Å²) < 4.78 is 29.0. The first kappa shape index (κ1) is 16.6. The molecule has 2 aromatic rings. The number of carbonyl (C=O) groups is 1. The van der Waals surface area contributed by atoms with Crippen LogP contribution >= 0.6 is 0 Å². The molecule has 3 rings (SSSR count). The maximum absolute atomic E-state index is 13.1. The summed E-state index contributed by atoms with van der Waals surface area (Å²) in [6.45, 7) is 0.787. The van der Waals surface area contributed by atoms with E-state index >= 15 is 0 Å². The van der Waals surface area contributed by atoms with Crippen LogP contribution in [0.3, 0.4) is 0 Å². The van der Waals surface area contributed by atoms with Crippen LogP contribution in [-0.4, -0.2) is 32.6 Å². The highest BCUT2D eigenvalue weighted by Gasteiger charge is 2.37. The summed E-state index contributed by atoms with van der Waals surface area (Å²) in [6.07, 6.45) is 2.22. The summed E-state index contributed by atoms with van der Waals surface area (Å²) >= 11 is 0. The first-order valence-electron chi connectivity index (χ1n) is 8.16. The SMILES string of the molecule is O=C(NCCCn1nc2ccccn2c1=O)C1CCC(F)(F)CC1. The van der Waals surface area contributed by atoms with Gasteiger partial charge < -0.3 is 5.32 Å². The van der Waals surface area contributed by atoms with E-state index in [0.717, 1.165) is 0 Å². The zero-order chi connectivity index (χ0) is 17.2. The van der Waals surface area contributed by atoms with Gasteiger partial charge in [0.2, 0.25) is 11.8 Å². The van der Waals surface area contributed by atoms with Gasteiger partial charge in [0.05, 0.1) is 0 Å². The highest BCUT2D eigenvalue weighted by Crippen LogP contribution is 2.36. The number of nitrogens with zero attached hydrogens (tertiary/aromatic N) is 3. The molecule has 1 amide bonds. The molecule has 1 N–H and O–H groups in total. The standard InChI is InChI=1S/C16H20F2N4O2/c17-16(18)7-5-12(6-8-16)14(23)19-9-3-11-22-15(24)21-10-2-1-4-13(21)20-22/h1-2,4,10,12H,3,5-9,11H2,(H,19,23). The molecule has 0 spiro atoms. The van der Waals surface area contributed by atoms with E-state index in [1.165, 1.54) is 9.08 Å². The number of aromatic nitrogens is 3. The van der Waals surface area contributed by atoms with Crippen molar-refractivity contribution in [1.29, 1.82) is 0 Å². The molecule has 24 heavy (non-hydrogen) atoms. The Morgan fingerprint density at radius 2 is 2.08 bits per heavy atom. The van der Waals surface area contributed by atoms with Crippen molar-refractivity contribution in [3.05, 3.63) is 34.9 Å². The summed E-state index contributed by atoms with van der Waals surface area (Å²) in [7, 11) is 0. The number of aryl methyl sites for hydroxylation is 1. The third-order valence-corrected chi connectivity index (χ3v) is 4.42. The van der Waals surface area contributed by atoms with Crippen molar-refractivity contribution in [2.45, 2.75) is 44.6 Å². The van der Waals surface area contributed by atoms with E-state index in [1.807, 2.05) is 0 Å². The van der Waals surface area contributed by atoms with Crippen LogP contribution in [0.25, 0.3) is 5.65 Å². The number of nitrogens with one attached hydrogen (secondary N) is 1. The fraction of sp³-hybridized carbons (Fsp3) is 0.562. The van der Waals surface area contributed by atoms with Crippen molar-refractivity contribution in [2.75, 3.05) is 6.54 Å². The van der Waals surface area contributed by atoms with E-state index < -0.39 is 5.92 Å². The minimum atomic E-state index is -2.62. The molecule has 1 saturated carbocycles. The van der Waals surface area contributed by atoms with Crippen LogP contribution in [0.1, 0.15) is 32.1 Å². The molecule has 1 aliphatic carbocycles. The number of hydrogen-bond acceptors (Lipinski definition) is 3. The lowest BCUT2D eigenvalue weighted by molar-refractivity contribution is -0.129. The third kappa shape index (κ3) is 3.63. The van der Waals surface area contributed by atoms with Crippen molar-refractivity contribution < 1.29 is 13.6 Å². The molecule has 0 aliphatic heterocycles. The Morgan fingerprint density at radius 1 is 1.33 bits per heavy atom. The molecule has 0 radical (unpaired) electrons. The van der Waals surface area contributed by atoms with Crippen LogP contribution in [-0.2, 0) is 11.3 Å². The number of pyridine rings is 1. The third-order valence-electron chi connectivity index (χ3n) is 4.42. The number of carbonyl (C=O) groups excluding carboxylic acids is 1. The fourth-order valence-electron chi connectivity index (χ4n) is 3.00. The van der Waals surface area contributed by atoms with Crippen molar-refractivity contribution in [1.82, 2.24) is 19.5 Å². The number of alkyl halides is 2. The van der Waals surface area contributed by atoms with Gasteiger partial charge in [0.15, 0.2) is 5.65 Å². The molecule has 0 unspecified atom stereocenters. The summed E-state index contributed by atoms with van der Waals surface area (Å²) in [5.74, 6) is -3.13. The van der Waals surface area contributed by atoms with Crippen LogP contribution in [0.4, 0.5) is 8.78 Å². The molecular weight excluding hydrogens is 318 g/mol. The van der Waals surface area contributed by atoms with Crippen molar-refractivity contribution in [3.63, 3.8) is 0 Å². The Labute approximate surface area is 137 Å². The van der Waals surface area contributed by atoms with Gasteiger partial charge >= 0.3 is 5.69 Å². The highest BCUT2D eigenvalue weighted by atomic mass is 19.3. The van der Waals surface area contributed by atoms with Gasteiger partial charge in [-0.25, -0.2) is 18.3 Å². The number of fused-ring (bicyclic) bond motifs is 1.